The molecule has 7 heteroatoms. The summed E-state index contributed by atoms with van der Waals surface area (Å²) in [5.41, 5.74) is 0.510. The molecule has 1 aromatic carbocycles. The summed E-state index contributed by atoms with van der Waals surface area (Å²) in [6.07, 6.45) is 2.41. The van der Waals surface area contributed by atoms with Crippen molar-refractivity contribution in [3.05, 3.63) is 29.2 Å². The van der Waals surface area contributed by atoms with E-state index < -0.39 is 16.4 Å². The lowest BCUT2D eigenvalue weighted by Crippen LogP contribution is -2.04. The monoisotopic (exact) mass is 292 g/mol. The van der Waals surface area contributed by atoms with Crippen LogP contribution in [0.4, 0.5) is 8.78 Å². The molecule has 0 atom stereocenters. The maximum absolute atomic E-state index is 12.2. The van der Waals surface area contributed by atoms with Crippen molar-refractivity contribution in [1.82, 2.24) is 0 Å². The van der Waals surface area contributed by atoms with Gasteiger partial charge in [-0.3, -0.25) is 0 Å². The number of benzene rings is 1. The molecule has 0 saturated heterocycles. The van der Waals surface area contributed by atoms with Crippen LogP contribution in [0.5, 0.6) is 11.5 Å². The highest BCUT2D eigenvalue weighted by Crippen LogP contribution is 2.30. The zero-order valence-electron chi connectivity index (χ0n) is 10.5. The second-order valence-corrected chi connectivity index (χ2v) is 5.58. The van der Waals surface area contributed by atoms with Crippen LogP contribution in [0, 0.1) is 0 Å². The second-order valence-electron chi connectivity index (χ2n) is 3.65. The first-order chi connectivity index (χ1) is 8.81. The second kappa shape index (κ2) is 6.51. The molecule has 0 unspecified atom stereocenters. The Bertz CT molecular complexity index is 553. The maximum atomic E-state index is 12.2. The molecule has 19 heavy (non-hydrogen) atoms. The molecular weight excluding hydrogens is 278 g/mol. The van der Waals surface area contributed by atoms with Crippen molar-refractivity contribution >= 4 is 15.9 Å². The van der Waals surface area contributed by atoms with Gasteiger partial charge in [-0.2, -0.15) is 8.78 Å². The highest BCUT2D eigenvalue weighted by atomic mass is 32.2. The van der Waals surface area contributed by atoms with Gasteiger partial charge in [0.15, 0.2) is 21.3 Å². The van der Waals surface area contributed by atoms with Crippen molar-refractivity contribution in [1.29, 1.82) is 0 Å². The Kier molecular flexibility index (Phi) is 5.29. The molecule has 0 fully saturated rings. The Morgan fingerprint density at radius 1 is 1.32 bits per heavy atom. The average Bonchev–Trinajstić information content (AvgIpc) is 2.28. The lowest BCUT2D eigenvalue weighted by molar-refractivity contribution is -0.0514. The summed E-state index contributed by atoms with van der Waals surface area (Å²) in [4.78, 5) is 0. The summed E-state index contributed by atoms with van der Waals surface area (Å²) in [5.74, 6) is 0.0480. The van der Waals surface area contributed by atoms with Crippen LogP contribution in [-0.2, 0) is 9.84 Å². The Labute approximate surface area is 110 Å². The first kappa shape index (κ1) is 15.4. The van der Waals surface area contributed by atoms with Crippen LogP contribution in [0.15, 0.2) is 23.6 Å². The largest absolute Gasteiger partial charge is 0.490 e. The van der Waals surface area contributed by atoms with Gasteiger partial charge in [-0.25, -0.2) is 8.42 Å². The van der Waals surface area contributed by atoms with E-state index in [0.717, 1.165) is 11.7 Å². The topological polar surface area (TPSA) is 52.6 Å². The molecule has 0 aromatic heterocycles. The van der Waals surface area contributed by atoms with Gasteiger partial charge in [0.05, 0.1) is 6.61 Å². The van der Waals surface area contributed by atoms with Crippen molar-refractivity contribution in [3.63, 3.8) is 0 Å². The predicted molar refractivity (Wildman–Crippen MR) is 68.1 cm³/mol. The summed E-state index contributed by atoms with van der Waals surface area (Å²) in [6, 6.07) is 4.20. The minimum atomic E-state index is -3.25. The molecule has 0 aliphatic rings. The predicted octanol–water partition coefficient (Wildman–Crippen LogP) is 2.70. The molecule has 1 rings (SSSR count). The quantitative estimate of drug-likeness (QED) is 0.809. The lowest BCUT2D eigenvalue weighted by Gasteiger charge is -2.11. The van der Waals surface area contributed by atoms with E-state index in [1.54, 1.807) is 6.92 Å². The van der Waals surface area contributed by atoms with E-state index in [2.05, 4.69) is 4.74 Å². The minimum Gasteiger partial charge on any atom is -0.490 e. The summed E-state index contributed by atoms with van der Waals surface area (Å²) in [5, 5.41) is 1.02. The van der Waals surface area contributed by atoms with E-state index in [4.69, 9.17) is 4.74 Å². The molecule has 0 bridgehead atoms. The fourth-order valence-corrected chi connectivity index (χ4v) is 1.70. The molecule has 0 radical (unpaired) electrons. The molecule has 1 aromatic rings. The van der Waals surface area contributed by atoms with E-state index in [1.165, 1.54) is 24.3 Å². The third-order valence-corrected chi connectivity index (χ3v) is 2.62. The minimum absolute atomic E-state index is 0.0895. The van der Waals surface area contributed by atoms with Gasteiger partial charge in [-0.15, -0.1) is 0 Å². The van der Waals surface area contributed by atoms with Gasteiger partial charge in [-0.1, -0.05) is 6.07 Å². The molecule has 0 N–H and O–H groups in total. The number of hydrogen-bond donors (Lipinski definition) is 0. The van der Waals surface area contributed by atoms with Crippen molar-refractivity contribution < 1.29 is 26.7 Å². The van der Waals surface area contributed by atoms with E-state index in [1.807, 2.05) is 0 Å². The van der Waals surface area contributed by atoms with Crippen molar-refractivity contribution in [2.75, 3.05) is 12.9 Å². The smallest absolute Gasteiger partial charge is 0.387 e. The molecule has 0 aliphatic heterocycles. The number of sulfone groups is 1. The highest BCUT2D eigenvalue weighted by molar-refractivity contribution is 7.93. The summed E-state index contributed by atoms with van der Waals surface area (Å²) in [7, 11) is -3.25. The fraction of sp³-hybridized carbons (Fsp3) is 0.333. The van der Waals surface area contributed by atoms with E-state index in [-0.39, 0.29) is 18.1 Å². The summed E-state index contributed by atoms with van der Waals surface area (Å²) >= 11 is 0. The van der Waals surface area contributed by atoms with Crippen LogP contribution in [0.1, 0.15) is 12.5 Å². The summed E-state index contributed by atoms with van der Waals surface area (Å²) in [6.45, 7) is -0.971. The molecule has 4 nitrogen and oxygen atoms in total. The molecule has 0 heterocycles. The van der Waals surface area contributed by atoms with Crippen LogP contribution >= 0.6 is 0 Å². The maximum Gasteiger partial charge on any atom is 0.387 e. The van der Waals surface area contributed by atoms with Gasteiger partial charge in [0.1, 0.15) is 0 Å². The van der Waals surface area contributed by atoms with E-state index in [0.29, 0.717) is 5.56 Å². The van der Waals surface area contributed by atoms with Gasteiger partial charge >= 0.3 is 6.61 Å². The molecular formula is C12H14F2O4S. The lowest BCUT2D eigenvalue weighted by atomic mass is 10.2. The van der Waals surface area contributed by atoms with Crippen molar-refractivity contribution in [2.24, 2.45) is 0 Å². The number of rotatable bonds is 6. The normalized spacial score (nSPS) is 12.1. The van der Waals surface area contributed by atoms with Crippen LogP contribution in [0.2, 0.25) is 0 Å². The fourth-order valence-electron chi connectivity index (χ4n) is 1.29. The Morgan fingerprint density at radius 3 is 2.53 bits per heavy atom. The first-order valence-electron chi connectivity index (χ1n) is 5.41. The SMILES string of the molecule is CCOc1cc(/C=C/S(C)(=O)=O)ccc1OC(F)F. The van der Waals surface area contributed by atoms with Gasteiger partial charge in [0.2, 0.25) is 0 Å². The molecule has 0 spiro atoms. The zero-order chi connectivity index (χ0) is 14.5. The van der Waals surface area contributed by atoms with Gasteiger partial charge < -0.3 is 9.47 Å². The van der Waals surface area contributed by atoms with Crippen LogP contribution in [0.25, 0.3) is 6.08 Å². The van der Waals surface area contributed by atoms with E-state index in [9.17, 15) is 17.2 Å². The number of hydrogen-bond acceptors (Lipinski definition) is 4. The Morgan fingerprint density at radius 2 is 2.00 bits per heavy atom. The first-order valence-corrected chi connectivity index (χ1v) is 7.37. The Hall–Kier alpha value is -1.63. The number of ether oxygens (including phenoxy) is 2. The van der Waals surface area contributed by atoms with Crippen molar-refractivity contribution in [3.8, 4) is 11.5 Å². The van der Waals surface area contributed by atoms with Gasteiger partial charge in [0.25, 0.3) is 0 Å². The van der Waals surface area contributed by atoms with Gasteiger partial charge in [0, 0.05) is 11.7 Å². The zero-order valence-corrected chi connectivity index (χ0v) is 11.3. The van der Waals surface area contributed by atoms with Crippen molar-refractivity contribution in [2.45, 2.75) is 13.5 Å². The van der Waals surface area contributed by atoms with E-state index >= 15 is 0 Å². The molecule has 0 saturated carbocycles. The standard InChI is InChI=1S/C12H14F2O4S/c1-3-17-11-8-9(6-7-19(2,15)16)4-5-10(11)18-12(13)14/h4-8,12H,3H2,1-2H3/b7-6+. The number of alkyl halides is 2. The third kappa shape index (κ3) is 5.69. The van der Waals surface area contributed by atoms with Crippen LogP contribution in [-0.4, -0.2) is 27.9 Å². The average molecular weight is 292 g/mol. The molecule has 0 aliphatic carbocycles. The third-order valence-electron chi connectivity index (χ3n) is 1.99. The van der Waals surface area contributed by atoms with Crippen LogP contribution < -0.4 is 9.47 Å². The Balaban J connectivity index is 3.05. The summed E-state index contributed by atoms with van der Waals surface area (Å²) < 4.78 is 55.8. The highest BCUT2D eigenvalue weighted by Gasteiger charge is 2.11. The number of halogens is 2. The van der Waals surface area contributed by atoms with Gasteiger partial charge in [-0.05, 0) is 30.7 Å². The van der Waals surface area contributed by atoms with Crippen LogP contribution in [0.3, 0.4) is 0 Å². The molecule has 0 amide bonds. The molecule has 106 valence electrons.